The van der Waals surface area contributed by atoms with Gasteiger partial charge in [0.05, 0.1) is 28.5 Å². The van der Waals surface area contributed by atoms with Gasteiger partial charge in [0.1, 0.15) is 17.5 Å². The number of fused-ring (bicyclic) bond motifs is 1. The minimum absolute atomic E-state index is 0.0918. The van der Waals surface area contributed by atoms with Crippen molar-refractivity contribution < 1.29 is 23.9 Å². The van der Waals surface area contributed by atoms with Crippen molar-refractivity contribution in [2.75, 3.05) is 13.1 Å². The molecule has 0 radical (unpaired) electrons. The van der Waals surface area contributed by atoms with Crippen LogP contribution in [0.4, 0.5) is 4.39 Å². The van der Waals surface area contributed by atoms with E-state index >= 15 is 0 Å². The van der Waals surface area contributed by atoms with Crippen LogP contribution in [0.1, 0.15) is 53.0 Å². The molecule has 5 rings (SSSR count). The highest BCUT2D eigenvalue weighted by Gasteiger charge is 2.41. The number of carbonyl (C=O) groups excluding carboxylic acids is 3. The van der Waals surface area contributed by atoms with Gasteiger partial charge in [-0.1, -0.05) is 17.7 Å². The van der Waals surface area contributed by atoms with Gasteiger partial charge >= 0.3 is 0 Å². The number of pyridine rings is 1. The largest absolute Gasteiger partial charge is 0.383 e. The number of nitrogens with one attached hydrogen (secondary N) is 1. The molecule has 1 aromatic heterocycles. The van der Waals surface area contributed by atoms with Gasteiger partial charge in [0.2, 0.25) is 11.8 Å². The topological polar surface area (TPSA) is 103 Å². The Hall–Kier alpha value is -2.88. The molecule has 178 valence electrons. The predicted molar refractivity (Wildman–Crippen MR) is 120 cm³/mol. The summed E-state index contributed by atoms with van der Waals surface area (Å²) < 4.78 is 13.7. The molecule has 3 aliphatic heterocycles. The van der Waals surface area contributed by atoms with E-state index in [9.17, 15) is 23.9 Å². The summed E-state index contributed by atoms with van der Waals surface area (Å²) in [6.07, 6.45) is 1.36. The number of carbonyl (C=O) groups is 3. The maximum atomic E-state index is 13.7. The van der Waals surface area contributed by atoms with Crippen molar-refractivity contribution in [1.82, 2.24) is 20.1 Å². The molecule has 10 heteroatoms. The Morgan fingerprint density at radius 3 is 2.65 bits per heavy atom. The van der Waals surface area contributed by atoms with E-state index < -0.39 is 23.4 Å². The van der Waals surface area contributed by atoms with Gasteiger partial charge in [-0.25, -0.2) is 4.39 Å². The summed E-state index contributed by atoms with van der Waals surface area (Å²) in [5, 5.41) is 13.7. The van der Waals surface area contributed by atoms with Crippen molar-refractivity contribution in [2.24, 2.45) is 0 Å². The number of aliphatic hydroxyl groups is 1. The molecule has 0 spiro atoms. The first-order valence-electron chi connectivity index (χ1n) is 11.3. The summed E-state index contributed by atoms with van der Waals surface area (Å²) in [6, 6.07) is 7.39. The van der Waals surface area contributed by atoms with E-state index in [1.165, 1.54) is 11.0 Å². The van der Waals surface area contributed by atoms with Crippen molar-refractivity contribution in [2.45, 2.75) is 50.4 Å². The number of hydrogen-bond donors (Lipinski definition) is 2. The molecule has 0 aliphatic carbocycles. The number of halogens is 2. The third kappa shape index (κ3) is 4.19. The van der Waals surface area contributed by atoms with E-state index in [4.69, 9.17) is 11.6 Å². The number of benzene rings is 1. The minimum atomic E-state index is -1.14. The smallest absolute Gasteiger partial charge is 0.256 e. The summed E-state index contributed by atoms with van der Waals surface area (Å²) in [7, 11) is 0. The molecule has 1 aromatic carbocycles. The van der Waals surface area contributed by atoms with Crippen molar-refractivity contribution in [3.63, 3.8) is 0 Å². The standard InChI is InChI=1S/C24H24ClFN4O4/c25-16-3-1-14(11-17(16)26)12-29-9-7-24(34,8-10-29)20-5-2-15-18(27-20)13-30(23(15)33)19-4-6-21(31)28-22(19)32/h1-3,5,11,19,34H,4,6-10,12-13H2,(H,28,31,32). The van der Waals surface area contributed by atoms with Crippen LogP contribution in [0, 0.1) is 5.82 Å². The fourth-order valence-electron chi connectivity index (χ4n) is 4.93. The average molecular weight is 487 g/mol. The van der Waals surface area contributed by atoms with Crippen molar-refractivity contribution in [1.29, 1.82) is 0 Å². The second-order valence-electron chi connectivity index (χ2n) is 9.15. The van der Waals surface area contributed by atoms with Crippen LogP contribution in [-0.4, -0.2) is 56.7 Å². The molecule has 3 amide bonds. The van der Waals surface area contributed by atoms with Gasteiger partial charge in [0.25, 0.3) is 5.91 Å². The van der Waals surface area contributed by atoms with Crippen LogP contribution < -0.4 is 5.32 Å². The Bertz CT molecular complexity index is 1180. The van der Waals surface area contributed by atoms with Gasteiger partial charge in [-0.3, -0.25) is 29.6 Å². The van der Waals surface area contributed by atoms with Crippen LogP contribution in [0.5, 0.6) is 0 Å². The Morgan fingerprint density at radius 2 is 1.94 bits per heavy atom. The summed E-state index contributed by atoms with van der Waals surface area (Å²) in [4.78, 5) is 44.7. The summed E-state index contributed by atoms with van der Waals surface area (Å²) >= 11 is 5.76. The average Bonchev–Trinajstić information content (AvgIpc) is 3.13. The highest BCUT2D eigenvalue weighted by Crippen LogP contribution is 2.35. The van der Waals surface area contributed by atoms with Gasteiger partial charge in [0, 0.05) is 26.1 Å². The lowest BCUT2D eigenvalue weighted by atomic mass is 9.87. The molecule has 4 heterocycles. The number of imide groups is 1. The highest BCUT2D eigenvalue weighted by molar-refractivity contribution is 6.30. The number of likely N-dealkylation sites (tertiary alicyclic amines) is 1. The van der Waals surface area contributed by atoms with E-state index in [0.717, 1.165) is 5.56 Å². The van der Waals surface area contributed by atoms with Crippen molar-refractivity contribution in [3.8, 4) is 0 Å². The monoisotopic (exact) mass is 486 g/mol. The lowest BCUT2D eigenvalue weighted by molar-refractivity contribution is -0.136. The zero-order chi connectivity index (χ0) is 24.0. The molecule has 0 saturated carbocycles. The van der Waals surface area contributed by atoms with Crippen LogP contribution >= 0.6 is 11.6 Å². The molecular formula is C24H24ClFN4O4. The molecule has 8 nitrogen and oxygen atoms in total. The van der Waals surface area contributed by atoms with E-state index in [1.54, 1.807) is 24.3 Å². The summed E-state index contributed by atoms with van der Waals surface area (Å²) in [6.45, 7) is 1.91. The fourth-order valence-corrected chi connectivity index (χ4v) is 5.05. The molecule has 2 fully saturated rings. The third-order valence-corrected chi connectivity index (χ3v) is 7.23. The number of amides is 3. The van der Waals surface area contributed by atoms with Crippen molar-refractivity contribution >= 4 is 29.3 Å². The number of nitrogens with zero attached hydrogens (tertiary/aromatic N) is 3. The maximum absolute atomic E-state index is 13.7. The quantitative estimate of drug-likeness (QED) is 0.642. The third-order valence-electron chi connectivity index (χ3n) is 6.92. The minimum Gasteiger partial charge on any atom is -0.383 e. The van der Waals surface area contributed by atoms with E-state index in [-0.39, 0.29) is 36.2 Å². The lowest BCUT2D eigenvalue weighted by Crippen LogP contribution is -2.52. The number of piperidine rings is 2. The van der Waals surface area contributed by atoms with Crippen LogP contribution in [-0.2, 0) is 28.3 Å². The zero-order valence-corrected chi connectivity index (χ0v) is 19.1. The molecule has 2 N–H and O–H groups in total. The Kier molecular flexibility index (Phi) is 5.87. The van der Waals surface area contributed by atoms with Gasteiger partial charge < -0.3 is 10.0 Å². The molecule has 34 heavy (non-hydrogen) atoms. The number of hydrogen-bond acceptors (Lipinski definition) is 6. The molecule has 2 aromatic rings. The number of rotatable bonds is 4. The molecule has 1 unspecified atom stereocenters. The second-order valence-corrected chi connectivity index (χ2v) is 9.55. The van der Waals surface area contributed by atoms with Gasteiger partial charge in [-0.05, 0) is 49.1 Å². The first-order valence-corrected chi connectivity index (χ1v) is 11.6. The Morgan fingerprint density at radius 1 is 1.18 bits per heavy atom. The van der Waals surface area contributed by atoms with Gasteiger partial charge in [-0.2, -0.15) is 0 Å². The van der Waals surface area contributed by atoms with Crippen LogP contribution in [0.25, 0.3) is 0 Å². The first-order chi connectivity index (χ1) is 16.2. The zero-order valence-electron chi connectivity index (χ0n) is 18.4. The summed E-state index contributed by atoms with van der Waals surface area (Å²) in [5.41, 5.74) is 1.12. The van der Waals surface area contributed by atoms with Gasteiger partial charge in [0.15, 0.2) is 0 Å². The first kappa shape index (κ1) is 22.9. The lowest BCUT2D eigenvalue weighted by Gasteiger charge is -2.38. The number of aromatic nitrogens is 1. The maximum Gasteiger partial charge on any atom is 0.256 e. The molecule has 2 saturated heterocycles. The SMILES string of the molecule is O=C1CCC(N2Cc3nc(C4(O)CCN(Cc5ccc(Cl)c(F)c5)CC4)ccc3C2=O)C(=O)N1. The summed E-state index contributed by atoms with van der Waals surface area (Å²) in [5.74, 6) is -1.54. The normalized spacial score (nSPS) is 22.6. The van der Waals surface area contributed by atoms with E-state index in [2.05, 4.69) is 15.2 Å². The van der Waals surface area contributed by atoms with Crippen molar-refractivity contribution in [3.05, 3.63) is 63.7 Å². The van der Waals surface area contributed by atoms with Crippen LogP contribution in [0.2, 0.25) is 5.02 Å². The molecule has 1 atom stereocenters. The fraction of sp³-hybridized carbons (Fsp3) is 0.417. The molecule has 0 bridgehead atoms. The molecule has 3 aliphatic rings. The molecular weight excluding hydrogens is 463 g/mol. The Labute approximate surface area is 200 Å². The Balaban J connectivity index is 1.26. The van der Waals surface area contributed by atoms with Crippen LogP contribution in [0.3, 0.4) is 0 Å². The van der Waals surface area contributed by atoms with E-state index in [1.807, 2.05) is 0 Å². The van der Waals surface area contributed by atoms with E-state index in [0.29, 0.717) is 49.4 Å². The highest BCUT2D eigenvalue weighted by atomic mass is 35.5. The predicted octanol–water partition coefficient (Wildman–Crippen LogP) is 2.12. The van der Waals surface area contributed by atoms with Gasteiger partial charge in [-0.15, -0.1) is 0 Å². The van der Waals surface area contributed by atoms with Crippen LogP contribution in [0.15, 0.2) is 30.3 Å². The second kappa shape index (κ2) is 8.72.